The molecule has 22 heteroatoms. The minimum Gasteiger partial charge on any atom is -0.726 e. The molecule has 0 heterocycles. The Balaban J connectivity index is -0.000000711. The molecule has 53 heavy (non-hydrogen) atoms. The van der Waals surface area contributed by atoms with Crippen LogP contribution in [-0.4, -0.2) is 79.3 Å². The van der Waals surface area contributed by atoms with Crippen LogP contribution < -0.4 is 98.9 Å². The number of benzene rings is 3. The average molecular weight is 861 g/mol. The van der Waals surface area contributed by atoms with Crippen molar-refractivity contribution in [1.82, 2.24) is 0 Å². The van der Waals surface area contributed by atoms with E-state index in [-0.39, 0.29) is 110 Å². The van der Waals surface area contributed by atoms with E-state index in [9.17, 15) is 58.0 Å². The zero-order valence-electron chi connectivity index (χ0n) is 30.1. The van der Waals surface area contributed by atoms with Gasteiger partial charge in [-0.1, -0.05) is 59.7 Å². The third-order valence-corrected chi connectivity index (χ3v) is 12.9. The summed E-state index contributed by atoms with van der Waals surface area (Å²) in [5, 5.41) is 20.8. The van der Waals surface area contributed by atoms with E-state index >= 15 is 0 Å². The summed E-state index contributed by atoms with van der Waals surface area (Å²) in [6.45, 7) is 8.11. The Kier molecular flexibility index (Phi) is 28.2. The predicted molar refractivity (Wildman–Crippen MR) is 182 cm³/mol. The number of hydrogen-bond donors (Lipinski definition) is 0. The minimum atomic E-state index is -4.85. The zero-order valence-corrected chi connectivity index (χ0v) is 40.2. The fourth-order valence-corrected chi connectivity index (χ4v) is 8.37. The van der Waals surface area contributed by atoms with Crippen molar-refractivity contribution in [3.8, 4) is 0 Å². The molecule has 3 rings (SSSR count). The Morgan fingerprint density at radius 2 is 1.04 bits per heavy atom. The zero-order chi connectivity index (χ0) is 38.3. The van der Waals surface area contributed by atoms with Crippen molar-refractivity contribution < 1.29 is 151 Å². The largest absolute Gasteiger partial charge is 1.00 e. The van der Waals surface area contributed by atoms with Gasteiger partial charge < -0.3 is 24.4 Å². The molecule has 14 nitrogen and oxygen atoms in total. The summed E-state index contributed by atoms with van der Waals surface area (Å²) >= 11 is 0.721. The van der Waals surface area contributed by atoms with Gasteiger partial charge in [0.25, 0.3) is 0 Å². The molecule has 3 aromatic carbocycles. The van der Waals surface area contributed by atoms with Crippen LogP contribution >= 0.6 is 11.8 Å². The van der Waals surface area contributed by atoms with E-state index in [4.69, 9.17) is 0 Å². The molecule has 0 aliphatic carbocycles. The van der Waals surface area contributed by atoms with Gasteiger partial charge in [-0.15, -0.1) is 0 Å². The van der Waals surface area contributed by atoms with Crippen LogP contribution in [-0.2, 0) is 53.7 Å². The number of rotatable bonds is 15. The van der Waals surface area contributed by atoms with Crippen LogP contribution in [0.4, 0.5) is 0 Å². The van der Waals surface area contributed by atoms with Gasteiger partial charge in [0.1, 0.15) is 0 Å². The first-order valence-corrected chi connectivity index (χ1v) is 21.4. The molecule has 0 amide bonds. The number of carboxylic acid groups (broad SMARTS) is 2. The molecule has 0 saturated heterocycles. The van der Waals surface area contributed by atoms with Crippen molar-refractivity contribution in [1.29, 1.82) is 0 Å². The second-order valence-electron chi connectivity index (χ2n) is 10.3. The van der Waals surface area contributed by atoms with Gasteiger partial charge in [0, 0.05) is 28.8 Å². The number of carbonyl (C=O) groups is 2. The fourth-order valence-electron chi connectivity index (χ4n) is 3.46. The van der Waals surface area contributed by atoms with Crippen LogP contribution in [0, 0.1) is 20.8 Å². The molecule has 0 fully saturated rings. The Hall–Kier alpha value is -0.590. The number of carbonyl (C=O) groups excluding carboxylic acids is 2. The van der Waals surface area contributed by atoms with Gasteiger partial charge in [-0.2, -0.15) is 11.8 Å². The van der Waals surface area contributed by atoms with Gasteiger partial charge in [-0.25, -0.2) is 33.7 Å². The van der Waals surface area contributed by atoms with Gasteiger partial charge in [0.05, 0.1) is 38.8 Å². The van der Waals surface area contributed by atoms with Crippen LogP contribution in [0.1, 0.15) is 23.1 Å². The van der Waals surface area contributed by atoms with E-state index in [0.29, 0.717) is 4.90 Å². The van der Waals surface area contributed by atoms with Crippen molar-refractivity contribution in [3.63, 3.8) is 0 Å². The predicted octanol–water partition coefficient (Wildman–Crippen LogP) is -8.07. The molecule has 276 valence electrons. The van der Waals surface area contributed by atoms with Gasteiger partial charge in [0.2, 0.25) is 10.4 Å². The summed E-state index contributed by atoms with van der Waals surface area (Å²) in [7, 11) is -15.3. The van der Waals surface area contributed by atoms with Gasteiger partial charge in [-0.3, -0.25) is 4.18 Å². The van der Waals surface area contributed by atoms with Crippen molar-refractivity contribution in [3.05, 3.63) is 101 Å². The van der Waals surface area contributed by atoms with Crippen LogP contribution in [0.3, 0.4) is 0 Å². The molecule has 0 radical (unpaired) electrons. The van der Waals surface area contributed by atoms with Gasteiger partial charge in [0.15, 0.2) is 29.5 Å². The van der Waals surface area contributed by atoms with Crippen LogP contribution in [0.5, 0.6) is 0 Å². The van der Waals surface area contributed by atoms with Gasteiger partial charge in [-0.05, 0) is 57.2 Å². The Morgan fingerprint density at radius 3 is 1.36 bits per heavy atom. The molecule has 0 aliphatic heterocycles. The smallest absolute Gasteiger partial charge is 0.726 e. The van der Waals surface area contributed by atoms with Crippen LogP contribution in [0.2, 0.25) is 0 Å². The first-order chi connectivity index (χ1) is 23.0. The van der Waals surface area contributed by atoms with Gasteiger partial charge >= 0.3 is 88.7 Å². The van der Waals surface area contributed by atoms with Crippen molar-refractivity contribution in [2.75, 3.05) is 23.9 Å². The number of hydrogen-bond acceptors (Lipinski definition) is 15. The number of carboxylic acids is 2. The van der Waals surface area contributed by atoms with E-state index in [2.05, 4.69) is 10.8 Å². The maximum Gasteiger partial charge on any atom is 1.00 e. The summed E-state index contributed by atoms with van der Waals surface area (Å²) in [6.07, 6.45) is -0.711. The molecule has 1 unspecified atom stereocenters. The fraction of sp³-hybridized carbons (Fsp3) is 0.290. The third-order valence-electron chi connectivity index (χ3n) is 6.19. The minimum absolute atomic E-state index is 0. The maximum absolute atomic E-state index is 12.0. The molecule has 0 saturated carbocycles. The quantitative estimate of drug-likeness (QED) is 0.0782. The summed E-state index contributed by atoms with van der Waals surface area (Å²) in [6, 6.07) is 19.0. The third kappa shape index (κ3) is 23.3. The van der Waals surface area contributed by atoms with E-state index in [1.165, 1.54) is 24.3 Å². The molecule has 0 spiro atoms. The van der Waals surface area contributed by atoms with Crippen molar-refractivity contribution in [2.45, 2.75) is 47.1 Å². The Bertz CT molecular complexity index is 2040. The first-order valence-electron chi connectivity index (χ1n) is 14.1. The van der Waals surface area contributed by atoms with E-state index < -0.39 is 75.9 Å². The molecule has 3 aromatic rings. The molecular weight excluding hydrogens is 826 g/mol. The molecule has 0 aromatic heterocycles. The molecule has 0 N–H and O–H groups in total. The maximum atomic E-state index is 12.0. The Morgan fingerprint density at radius 1 is 0.679 bits per heavy atom. The number of aliphatic carboxylic acids is 2. The molecule has 1 atom stereocenters. The average Bonchev–Trinajstić information content (AvgIpc) is 3.01. The number of aryl methyl sites for hydroxylation is 3. The number of sulfone groups is 3. The number of thioether (sulfide) groups is 1. The molecule has 0 aliphatic rings. The normalized spacial score (nSPS) is 11.6. The van der Waals surface area contributed by atoms with E-state index in [0.717, 1.165) is 33.9 Å². The van der Waals surface area contributed by atoms with Crippen molar-refractivity contribution >= 4 is 63.6 Å². The second kappa shape index (κ2) is 26.4. The SMILES string of the molecule is C=CS(=O)(=O)c1ccc(C)cc1.Cc1ccc(S(=O)(=O)CCOS(=O)(=O)[O-])cc1.Cc1ccc(S(=O)(=O)CCSC(CC(=O)[O-])C(=O)[O-])cc1.[Na+].[Na+].[Na+]. The second-order valence-corrected chi connectivity index (χ2v) is 18.7. The van der Waals surface area contributed by atoms with Crippen LogP contribution in [0.15, 0.2) is 99.5 Å². The summed E-state index contributed by atoms with van der Waals surface area (Å²) in [5.41, 5.74) is 2.87. The van der Waals surface area contributed by atoms with Crippen molar-refractivity contribution in [2.24, 2.45) is 0 Å². The van der Waals surface area contributed by atoms with E-state index in [1.807, 2.05) is 20.8 Å². The Labute approximate surface area is 382 Å². The standard InChI is InChI=1S/C13H16O6S2.C9H12O6S2.C9H10O2S.3Na/c1-9-2-4-10(5-3-9)21(18,19)7-6-20-11(13(16)17)8-12(14)15;1-8-2-4-9(5-3-8)16(10,11)7-6-15-17(12,13)14;1-3-12(10,11)9-6-4-8(2)5-7-9;;;/h2-5,11H,6-8H2,1H3,(H,14,15)(H,16,17);2-5H,6-7H2,1H3,(H,12,13,14);3-7H,1H2,2H3;;;/q;;;3*+1/p-3. The summed E-state index contributed by atoms with van der Waals surface area (Å²) in [5.74, 6) is -3.94. The summed E-state index contributed by atoms with van der Waals surface area (Å²) in [4.78, 5) is 21.6. The monoisotopic (exact) mass is 860 g/mol. The summed E-state index contributed by atoms with van der Waals surface area (Å²) < 4.78 is 104. The molecular formula is C31H35Na3O14S5. The van der Waals surface area contributed by atoms with Crippen LogP contribution in [0.25, 0.3) is 0 Å². The topological polar surface area (TPSA) is 249 Å². The first kappa shape index (κ1) is 56.7. The van der Waals surface area contributed by atoms with E-state index in [1.54, 1.807) is 48.5 Å². The molecule has 0 bridgehead atoms.